The van der Waals surface area contributed by atoms with Crippen LogP contribution >= 0.6 is 0 Å². The van der Waals surface area contributed by atoms with Gasteiger partial charge in [-0.1, -0.05) is 12.1 Å². The number of pyridine rings is 1. The molecule has 4 nitrogen and oxygen atoms in total. The highest BCUT2D eigenvalue weighted by atomic mass is 19.1. The van der Waals surface area contributed by atoms with Crippen LogP contribution in [0.4, 0.5) is 10.1 Å². The van der Waals surface area contributed by atoms with E-state index in [1.165, 1.54) is 0 Å². The topological polar surface area (TPSA) is 44.8 Å². The Kier molecular flexibility index (Phi) is 2.84. The zero-order valence-corrected chi connectivity index (χ0v) is 11.5. The Balaban J connectivity index is 1.77. The molecule has 0 spiro atoms. The third kappa shape index (κ3) is 2.14. The maximum absolute atomic E-state index is 13.4. The molecule has 0 aliphatic carbocycles. The summed E-state index contributed by atoms with van der Waals surface area (Å²) in [5.41, 5.74) is 4.86. The zero-order valence-electron chi connectivity index (χ0n) is 11.5. The lowest BCUT2D eigenvalue weighted by Gasteiger charge is -2.18. The SMILES string of the molecule is F[C@@H]1CCN(c2cccc(-c3ccnc4nc[nH]c34)c2)C1. The molecule has 1 N–H and O–H groups in total. The molecule has 2 aromatic heterocycles. The van der Waals surface area contributed by atoms with Crippen LogP contribution < -0.4 is 4.90 Å². The number of benzene rings is 1. The second kappa shape index (κ2) is 4.84. The number of aromatic amines is 1. The van der Waals surface area contributed by atoms with Gasteiger partial charge in [0.05, 0.1) is 11.8 Å². The summed E-state index contributed by atoms with van der Waals surface area (Å²) < 4.78 is 13.4. The second-order valence-electron chi connectivity index (χ2n) is 5.34. The smallest absolute Gasteiger partial charge is 0.178 e. The van der Waals surface area contributed by atoms with Gasteiger partial charge in [-0.2, -0.15) is 0 Å². The Morgan fingerprint density at radius 3 is 3.05 bits per heavy atom. The van der Waals surface area contributed by atoms with Gasteiger partial charge in [0.1, 0.15) is 6.17 Å². The molecule has 0 saturated carbocycles. The molecular formula is C16H15FN4. The van der Waals surface area contributed by atoms with Gasteiger partial charge in [0.15, 0.2) is 5.65 Å². The van der Waals surface area contributed by atoms with Gasteiger partial charge in [-0.25, -0.2) is 14.4 Å². The molecule has 1 aromatic carbocycles. The van der Waals surface area contributed by atoms with Crippen molar-refractivity contribution in [1.82, 2.24) is 15.0 Å². The van der Waals surface area contributed by atoms with Crippen LogP contribution in [0.2, 0.25) is 0 Å². The number of rotatable bonds is 2. The normalized spacial score (nSPS) is 18.5. The van der Waals surface area contributed by atoms with Crippen molar-refractivity contribution in [2.45, 2.75) is 12.6 Å². The lowest BCUT2D eigenvalue weighted by Crippen LogP contribution is -2.19. The summed E-state index contributed by atoms with van der Waals surface area (Å²) in [5.74, 6) is 0. The van der Waals surface area contributed by atoms with Gasteiger partial charge >= 0.3 is 0 Å². The first-order chi connectivity index (χ1) is 10.3. The third-order valence-electron chi connectivity index (χ3n) is 3.98. The number of anilines is 1. The first-order valence-electron chi connectivity index (χ1n) is 7.09. The molecule has 1 aliphatic heterocycles. The molecule has 1 fully saturated rings. The number of alkyl halides is 1. The number of hydrogen-bond acceptors (Lipinski definition) is 3. The molecular weight excluding hydrogens is 267 g/mol. The van der Waals surface area contributed by atoms with E-state index >= 15 is 0 Å². The fraction of sp³-hybridized carbons (Fsp3) is 0.250. The summed E-state index contributed by atoms with van der Waals surface area (Å²) in [7, 11) is 0. The number of fused-ring (bicyclic) bond motifs is 1. The Hall–Kier alpha value is -2.43. The molecule has 3 aromatic rings. The Bertz CT molecular complexity index is 783. The van der Waals surface area contributed by atoms with E-state index in [1.54, 1.807) is 12.5 Å². The van der Waals surface area contributed by atoms with Gasteiger partial charge in [0.2, 0.25) is 0 Å². The van der Waals surface area contributed by atoms with Crippen molar-refractivity contribution < 1.29 is 4.39 Å². The van der Waals surface area contributed by atoms with Gasteiger partial charge in [0, 0.05) is 30.5 Å². The zero-order chi connectivity index (χ0) is 14.2. The lowest BCUT2D eigenvalue weighted by atomic mass is 10.1. The molecule has 5 heteroatoms. The molecule has 4 rings (SSSR count). The van der Waals surface area contributed by atoms with Gasteiger partial charge in [-0.05, 0) is 30.2 Å². The number of nitrogens with zero attached hydrogens (tertiary/aromatic N) is 3. The number of nitrogens with one attached hydrogen (secondary N) is 1. The molecule has 0 radical (unpaired) electrons. The Morgan fingerprint density at radius 1 is 1.24 bits per heavy atom. The molecule has 21 heavy (non-hydrogen) atoms. The van der Waals surface area contributed by atoms with Crippen molar-refractivity contribution in [3.05, 3.63) is 42.9 Å². The summed E-state index contributed by atoms with van der Waals surface area (Å²) in [4.78, 5) is 13.7. The molecule has 1 atom stereocenters. The van der Waals surface area contributed by atoms with Crippen LogP contribution in [0.15, 0.2) is 42.9 Å². The molecule has 0 unspecified atom stereocenters. The van der Waals surface area contributed by atoms with E-state index in [-0.39, 0.29) is 0 Å². The van der Waals surface area contributed by atoms with Crippen molar-refractivity contribution in [3.8, 4) is 11.1 Å². The van der Waals surface area contributed by atoms with Crippen LogP contribution in [0, 0.1) is 0 Å². The fourth-order valence-electron chi connectivity index (χ4n) is 2.91. The monoisotopic (exact) mass is 282 g/mol. The summed E-state index contributed by atoms with van der Waals surface area (Å²) in [5, 5.41) is 0. The van der Waals surface area contributed by atoms with Crippen LogP contribution in [0.1, 0.15) is 6.42 Å². The highest BCUT2D eigenvalue weighted by Crippen LogP contribution is 2.30. The molecule has 0 amide bonds. The van der Waals surface area contributed by atoms with E-state index in [0.717, 1.165) is 28.9 Å². The first-order valence-corrected chi connectivity index (χ1v) is 7.09. The van der Waals surface area contributed by atoms with E-state index in [4.69, 9.17) is 0 Å². The maximum atomic E-state index is 13.4. The van der Waals surface area contributed by atoms with E-state index in [9.17, 15) is 4.39 Å². The highest BCUT2D eigenvalue weighted by molar-refractivity contribution is 5.90. The average molecular weight is 282 g/mol. The van der Waals surface area contributed by atoms with Crippen LogP contribution in [0.3, 0.4) is 0 Å². The summed E-state index contributed by atoms with van der Waals surface area (Å²) >= 11 is 0. The van der Waals surface area contributed by atoms with E-state index in [1.807, 2.05) is 18.2 Å². The van der Waals surface area contributed by atoms with Crippen molar-refractivity contribution in [2.75, 3.05) is 18.0 Å². The van der Waals surface area contributed by atoms with Crippen LogP contribution in [0.25, 0.3) is 22.3 Å². The molecule has 3 heterocycles. The maximum Gasteiger partial charge on any atom is 0.178 e. The predicted molar refractivity (Wildman–Crippen MR) is 81.1 cm³/mol. The summed E-state index contributed by atoms with van der Waals surface area (Å²) in [6, 6.07) is 10.2. The minimum atomic E-state index is -0.714. The first kappa shape index (κ1) is 12.3. The average Bonchev–Trinajstić information content (AvgIpc) is 3.15. The number of imidazole rings is 1. The Labute approximate surface area is 121 Å². The van der Waals surface area contributed by atoms with Crippen molar-refractivity contribution in [2.24, 2.45) is 0 Å². The third-order valence-corrected chi connectivity index (χ3v) is 3.98. The lowest BCUT2D eigenvalue weighted by molar-refractivity contribution is 0.364. The minimum absolute atomic E-state index is 0.485. The summed E-state index contributed by atoms with van der Waals surface area (Å²) in [6.07, 6.45) is 3.32. The van der Waals surface area contributed by atoms with Gasteiger partial charge < -0.3 is 9.88 Å². The van der Waals surface area contributed by atoms with Gasteiger partial charge in [-0.15, -0.1) is 0 Å². The largest absolute Gasteiger partial charge is 0.368 e. The standard InChI is InChI=1S/C16H15FN4/c17-12-5-7-21(9-12)13-3-1-2-11(8-13)14-4-6-18-16-15(14)19-10-20-16/h1-4,6,8,10,12H,5,7,9H2,(H,18,19,20)/t12-/m1/s1. The van der Waals surface area contributed by atoms with Crippen molar-refractivity contribution in [3.63, 3.8) is 0 Å². The second-order valence-corrected chi connectivity index (χ2v) is 5.34. The molecule has 1 aliphatic rings. The van der Waals surface area contributed by atoms with Crippen molar-refractivity contribution >= 4 is 16.9 Å². The number of aromatic nitrogens is 3. The summed E-state index contributed by atoms with van der Waals surface area (Å²) in [6.45, 7) is 1.26. The van der Waals surface area contributed by atoms with Crippen molar-refractivity contribution in [1.29, 1.82) is 0 Å². The quantitative estimate of drug-likeness (QED) is 0.785. The van der Waals surface area contributed by atoms with Crippen LogP contribution in [-0.2, 0) is 0 Å². The van der Waals surface area contributed by atoms with E-state index in [2.05, 4.69) is 32.0 Å². The molecule has 106 valence electrons. The van der Waals surface area contributed by atoms with E-state index < -0.39 is 6.17 Å². The number of halogens is 1. The van der Waals surface area contributed by atoms with Gasteiger partial charge in [0.25, 0.3) is 0 Å². The predicted octanol–water partition coefficient (Wildman–Crippen LogP) is 3.17. The van der Waals surface area contributed by atoms with Crippen LogP contribution in [-0.4, -0.2) is 34.2 Å². The number of H-pyrrole nitrogens is 1. The minimum Gasteiger partial charge on any atom is -0.368 e. The fourth-order valence-corrected chi connectivity index (χ4v) is 2.91. The van der Waals surface area contributed by atoms with E-state index in [0.29, 0.717) is 18.6 Å². The highest BCUT2D eigenvalue weighted by Gasteiger charge is 2.22. The molecule has 1 saturated heterocycles. The number of hydrogen-bond donors (Lipinski definition) is 1. The molecule has 0 bridgehead atoms. The Morgan fingerprint density at radius 2 is 2.19 bits per heavy atom. The van der Waals surface area contributed by atoms with Crippen LogP contribution in [0.5, 0.6) is 0 Å². The van der Waals surface area contributed by atoms with Gasteiger partial charge in [-0.3, -0.25) is 0 Å².